The Morgan fingerprint density at radius 3 is 2.67 bits per heavy atom. The van der Waals surface area contributed by atoms with Gasteiger partial charge in [0.2, 0.25) is 0 Å². The Balaban J connectivity index is 1.42. The molecule has 0 spiro atoms. The number of anilines is 1. The Morgan fingerprint density at radius 2 is 1.92 bits per heavy atom. The molecule has 2 aliphatic heterocycles. The number of thiazole rings is 1. The molecule has 2 aromatic rings. The number of aliphatic hydroxyl groups excluding tert-OH is 1. The molecule has 0 amide bonds. The lowest BCUT2D eigenvalue weighted by atomic mass is 10.00. The molecule has 2 saturated heterocycles. The maximum absolute atomic E-state index is 10.6. The van der Waals surface area contributed by atoms with Crippen molar-refractivity contribution in [3.63, 3.8) is 0 Å². The van der Waals surface area contributed by atoms with E-state index in [0.29, 0.717) is 6.54 Å². The van der Waals surface area contributed by atoms with Crippen molar-refractivity contribution in [1.82, 2.24) is 9.88 Å². The summed E-state index contributed by atoms with van der Waals surface area (Å²) in [5.74, 6) is 0. The number of rotatable bonds is 3. The van der Waals surface area contributed by atoms with Gasteiger partial charge in [-0.2, -0.15) is 0 Å². The van der Waals surface area contributed by atoms with E-state index in [2.05, 4.69) is 27.3 Å². The molecule has 2 aliphatic rings. The molecule has 5 nitrogen and oxygen atoms in total. The summed E-state index contributed by atoms with van der Waals surface area (Å²) in [6.07, 6.45) is 0.641. The van der Waals surface area contributed by atoms with Crippen LogP contribution in [-0.4, -0.2) is 66.5 Å². The van der Waals surface area contributed by atoms with Crippen molar-refractivity contribution in [3.05, 3.63) is 35.7 Å². The van der Waals surface area contributed by atoms with Crippen LogP contribution >= 0.6 is 11.3 Å². The largest absolute Gasteiger partial charge is 0.390 e. The first-order valence-corrected chi connectivity index (χ1v) is 9.45. The summed E-state index contributed by atoms with van der Waals surface area (Å²) in [6, 6.07) is 10.5. The van der Waals surface area contributed by atoms with E-state index in [9.17, 15) is 5.11 Å². The van der Waals surface area contributed by atoms with Gasteiger partial charge in [-0.1, -0.05) is 30.3 Å². The van der Waals surface area contributed by atoms with Gasteiger partial charge in [-0.15, -0.1) is 11.3 Å². The molecule has 0 radical (unpaired) electrons. The lowest BCUT2D eigenvalue weighted by molar-refractivity contribution is -0.0274. The average molecular weight is 345 g/mol. The lowest BCUT2D eigenvalue weighted by Crippen LogP contribution is -2.56. The number of benzene rings is 1. The molecule has 3 heterocycles. The van der Waals surface area contributed by atoms with Gasteiger partial charge < -0.3 is 14.7 Å². The van der Waals surface area contributed by atoms with Crippen LogP contribution in [0.15, 0.2) is 35.7 Å². The lowest BCUT2D eigenvalue weighted by Gasteiger charge is -2.42. The third kappa shape index (κ3) is 3.32. The molecular formula is C18H23N3O2S. The molecule has 0 unspecified atom stereocenters. The van der Waals surface area contributed by atoms with E-state index in [1.807, 2.05) is 18.2 Å². The normalized spacial score (nSPS) is 25.8. The number of nitrogens with zero attached hydrogens (tertiary/aromatic N) is 3. The third-order valence-corrected chi connectivity index (χ3v) is 5.79. The second kappa shape index (κ2) is 7.19. The predicted molar refractivity (Wildman–Crippen MR) is 96.6 cm³/mol. The minimum Gasteiger partial charge on any atom is -0.390 e. The number of aliphatic hydroxyl groups is 1. The summed E-state index contributed by atoms with van der Waals surface area (Å²) in [7, 11) is 0. The van der Waals surface area contributed by atoms with Crippen molar-refractivity contribution in [3.8, 4) is 11.3 Å². The molecule has 24 heavy (non-hydrogen) atoms. The van der Waals surface area contributed by atoms with E-state index in [0.717, 1.165) is 55.7 Å². The van der Waals surface area contributed by atoms with E-state index >= 15 is 0 Å². The van der Waals surface area contributed by atoms with Gasteiger partial charge >= 0.3 is 0 Å². The zero-order valence-corrected chi connectivity index (χ0v) is 14.5. The van der Waals surface area contributed by atoms with Crippen molar-refractivity contribution in [2.75, 3.05) is 44.3 Å². The Bertz CT molecular complexity index is 657. The van der Waals surface area contributed by atoms with E-state index < -0.39 is 0 Å². The van der Waals surface area contributed by atoms with Gasteiger partial charge in [0.05, 0.1) is 25.0 Å². The van der Waals surface area contributed by atoms with Gasteiger partial charge in [0, 0.05) is 43.2 Å². The van der Waals surface area contributed by atoms with Crippen LogP contribution in [0.1, 0.15) is 6.42 Å². The van der Waals surface area contributed by atoms with Crippen molar-refractivity contribution < 1.29 is 9.84 Å². The number of hydrogen-bond donors (Lipinski definition) is 1. The molecule has 4 rings (SSSR count). The molecule has 128 valence electrons. The summed E-state index contributed by atoms with van der Waals surface area (Å²) in [5, 5.41) is 13.7. The quantitative estimate of drug-likeness (QED) is 0.923. The Morgan fingerprint density at radius 1 is 1.12 bits per heavy atom. The highest BCUT2D eigenvalue weighted by Gasteiger charge is 2.33. The van der Waals surface area contributed by atoms with Gasteiger partial charge in [0.15, 0.2) is 5.13 Å². The summed E-state index contributed by atoms with van der Waals surface area (Å²) in [5.41, 5.74) is 2.16. The van der Waals surface area contributed by atoms with Crippen molar-refractivity contribution in [1.29, 1.82) is 0 Å². The second-order valence-corrected chi connectivity index (χ2v) is 7.24. The summed E-state index contributed by atoms with van der Waals surface area (Å²) in [4.78, 5) is 9.37. The zero-order valence-electron chi connectivity index (χ0n) is 13.7. The topological polar surface area (TPSA) is 48.8 Å². The highest BCUT2D eigenvalue weighted by Crippen LogP contribution is 2.30. The van der Waals surface area contributed by atoms with Crippen LogP contribution in [0.25, 0.3) is 11.3 Å². The van der Waals surface area contributed by atoms with E-state index in [1.165, 1.54) is 0 Å². The fraction of sp³-hybridized carbons (Fsp3) is 0.500. The molecule has 0 saturated carbocycles. The zero-order chi connectivity index (χ0) is 16.4. The van der Waals surface area contributed by atoms with E-state index in [1.54, 1.807) is 11.3 Å². The Kier molecular flexibility index (Phi) is 4.80. The fourth-order valence-electron chi connectivity index (χ4n) is 3.58. The van der Waals surface area contributed by atoms with Crippen molar-refractivity contribution in [2.24, 2.45) is 0 Å². The molecule has 1 aromatic carbocycles. The van der Waals surface area contributed by atoms with Gasteiger partial charge in [-0.3, -0.25) is 4.90 Å². The number of morpholine rings is 1. The average Bonchev–Trinajstić information content (AvgIpc) is 3.13. The Labute approximate surface area is 146 Å². The number of ether oxygens (including phenoxy) is 1. The molecule has 6 heteroatoms. The van der Waals surface area contributed by atoms with Crippen molar-refractivity contribution in [2.45, 2.75) is 18.6 Å². The first-order valence-electron chi connectivity index (χ1n) is 8.57. The third-order valence-electron chi connectivity index (χ3n) is 4.89. The maximum atomic E-state index is 10.6. The van der Waals surface area contributed by atoms with Crippen LogP contribution in [0.4, 0.5) is 5.13 Å². The van der Waals surface area contributed by atoms with Gasteiger partial charge in [0.1, 0.15) is 0 Å². The van der Waals surface area contributed by atoms with Gasteiger partial charge in [0.25, 0.3) is 0 Å². The first kappa shape index (κ1) is 16.0. The molecule has 2 atom stereocenters. The number of aromatic nitrogens is 1. The van der Waals surface area contributed by atoms with E-state index in [-0.39, 0.29) is 12.1 Å². The van der Waals surface area contributed by atoms with Crippen molar-refractivity contribution >= 4 is 16.5 Å². The fourth-order valence-corrected chi connectivity index (χ4v) is 4.45. The minimum atomic E-state index is -0.332. The van der Waals surface area contributed by atoms with Crippen LogP contribution < -0.4 is 4.90 Å². The SMILES string of the molecule is O[C@H]1CN(c2nc(-c3ccccc3)cs2)CC[C@@H]1N1CCOCC1. The maximum Gasteiger partial charge on any atom is 0.185 e. The summed E-state index contributed by atoms with van der Waals surface area (Å²) >= 11 is 1.66. The van der Waals surface area contributed by atoms with Gasteiger partial charge in [-0.05, 0) is 6.42 Å². The van der Waals surface area contributed by atoms with Crippen LogP contribution in [0.2, 0.25) is 0 Å². The second-order valence-electron chi connectivity index (χ2n) is 6.40. The molecular weight excluding hydrogens is 322 g/mol. The number of piperidine rings is 1. The van der Waals surface area contributed by atoms with Crippen LogP contribution in [0.5, 0.6) is 0 Å². The first-order chi connectivity index (χ1) is 11.8. The van der Waals surface area contributed by atoms with Crippen LogP contribution in [0, 0.1) is 0 Å². The highest BCUT2D eigenvalue weighted by atomic mass is 32.1. The van der Waals surface area contributed by atoms with E-state index in [4.69, 9.17) is 9.72 Å². The van der Waals surface area contributed by atoms with Gasteiger partial charge in [-0.25, -0.2) is 4.98 Å². The highest BCUT2D eigenvalue weighted by molar-refractivity contribution is 7.14. The van der Waals surface area contributed by atoms with Crippen LogP contribution in [0.3, 0.4) is 0 Å². The minimum absolute atomic E-state index is 0.249. The predicted octanol–water partition coefficient (Wildman–Crippen LogP) is 2.08. The molecule has 1 N–H and O–H groups in total. The molecule has 0 aliphatic carbocycles. The molecule has 2 fully saturated rings. The molecule has 0 bridgehead atoms. The molecule has 1 aromatic heterocycles. The number of β-amino-alcohol motifs (C(OH)–C–C–N with tert-alkyl or cyclic N) is 1. The van der Waals surface area contributed by atoms with Crippen LogP contribution in [-0.2, 0) is 4.74 Å². The Hall–Kier alpha value is -1.47. The standard InChI is InChI=1S/C18H23N3O2S/c22-17-12-21(7-6-16(17)20-8-10-23-11-9-20)18-19-15(13-24-18)14-4-2-1-3-5-14/h1-5,13,16-17,22H,6-12H2/t16-,17-/m0/s1. The number of hydrogen-bond acceptors (Lipinski definition) is 6. The summed E-state index contributed by atoms with van der Waals surface area (Å²) in [6.45, 7) is 5.01. The monoisotopic (exact) mass is 345 g/mol. The smallest absolute Gasteiger partial charge is 0.185 e. The summed E-state index contributed by atoms with van der Waals surface area (Å²) < 4.78 is 5.42.